The van der Waals surface area contributed by atoms with E-state index in [9.17, 15) is 24.3 Å². The van der Waals surface area contributed by atoms with Gasteiger partial charge in [-0.2, -0.15) is 11.8 Å². The zero-order valence-electron chi connectivity index (χ0n) is 20.7. The van der Waals surface area contributed by atoms with Gasteiger partial charge in [0.25, 0.3) is 0 Å². The van der Waals surface area contributed by atoms with Crippen LogP contribution in [0.5, 0.6) is 0 Å². The molecule has 1 saturated heterocycles. The van der Waals surface area contributed by atoms with Crippen LogP contribution in [0.3, 0.4) is 0 Å². The van der Waals surface area contributed by atoms with Crippen LogP contribution in [0, 0.1) is 5.92 Å². The molecule has 5 N–H and O–H groups in total. The van der Waals surface area contributed by atoms with Gasteiger partial charge >= 0.3 is 5.97 Å². The van der Waals surface area contributed by atoms with Crippen molar-refractivity contribution in [3.05, 3.63) is 35.9 Å². The molecule has 0 aromatic heterocycles. The lowest BCUT2D eigenvalue weighted by Gasteiger charge is -2.29. The van der Waals surface area contributed by atoms with Crippen LogP contribution in [0.4, 0.5) is 0 Å². The number of rotatable bonds is 13. The highest BCUT2D eigenvalue weighted by Gasteiger charge is 2.38. The summed E-state index contributed by atoms with van der Waals surface area (Å²) in [6.07, 6.45) is 3.99. The van der Waals surface area contributed by atoms with Crippen molar-refractivity contribution in [2.45, 2.75) is 70.1 Å². The number of carboxylic acids is 1. The number of carboxylic acid groups (broad SMARTS) is 1. The maximum Gasteiger partial charge on any atom is 0.326 e. The van der Waals surface area contributed by atoms with E-state index in [0.717, 1.165) is 5.56 Å². The molecule has 0 saturated carbocycles. The van der Waals surface area contributed by atoms with Crippen LogP contribution in [0.15, 0.2) is 30.3 Å². The fourth-order valence-corrected chi connectivity index (χ4v) is 4.67. The molecule has 0 spiro atoms. The quantitative estimate of drug-likeness (QED) is 0.317. The van der Waals surface area contributed by atoms with E-state index in [2.05, 4.69) is 10.6 Å². The van der Waals surface area contributed by atoms with Gasteiger partial charge in [0, 0.05) is 6.54 Å². The summed E-state index contributed by atoms with van der Waals surface area (Å²) in [7, 11) is 0. The molecule has 4 unspecified atom stereocenters. The predicted octanol–water partition coefficient (Wildman–Crippen LogP) is 1.40. The Morgan fingerprint density at radius 2 is 1.77 bits per heavy atom. The third-order valence-corrected chi connectivity index (χ3v) is 6.67. The van der Waals surface area contributed by atoms with Gasteiger partial charge in [-0.05, 0) is 55.6 Å². The first-order valence-electron chi connectivity index (χ1n) is 12.1. The number of thioether (sulfide) groups is 1. The molecule has 35 heavy (non-hydrogen) atoms. The van der Waals surface area contributed by atoms with E-state index in [1.54, 1.807) is 11.8 Å². The lowest BCUT2D eigenvalue weighted by molar-refractivity contribution is -0.149. The summed E-state index contributed by atoms with van der Waals surface area (Å²) in [5.41, 5.74) is 7.02. The van der Waals surface area contributed by atoms with Crippen molar-refractivity contribution in [1.29, 1.82) is 0 Å². The number of carbonyl (C=O) groups is 4. The second-order valence-electron chi connectivity index (χ2n) is 9.36. The molecule has 1 aromatic rings. The molecule has 1 aromatic carbocycles. The van der Waals surface area contributed by atoms with Gasteiger partial charge in [0.1, 0.15) is 18.1 Å². The summed E-state index contributed by atoms with van der Waals surface area (Å²) < 4.78 is 0. The minimum absolute atomic E-state index is 0.0914. The molecule has 2 rings (SSSR count). The predicted molar refractivity (Wildman–Crippen MR) is 137 cm³/mol. The second kappa shape index (κ2) is 14.1. The maximum absolute atomic E-state index is 13.2. The molecule has 0 radical (unpaired) electrons. The highest BCUT2D eigenvalue weighted by molar-refractivity contribution is 7.98. The first-order valence-corrected chi connectivity index (χ1v) is 13.5. The number of amides is 3. The Morgan fingerprint density at radius 3 is 2.37 bits per heavy atom. The van der Waals surface area contributed by atoms with Gasteiger partial charge in [-0.1, -0.05) is 44.2 Å². The average molecular weight is 507 g/mol. The van der Waals surface area contributed by atoms with Crippen LogP contribution in [0.25, 0.3) is 0 Å². The molecule has 4 atom stereocenters. The number of nitrogens with two attached hydrogens (primary N) is 1. The van der Waals surface area contributed by atoms with E-state index in [0.29, 0.717) is 44.4 Å². The van der Waals surface area contributed by atoms with Crippen molar-refractivity contribution >= 4 is 35.5 Å². The zero-order chi connectivity index (χ0) is 26.0. The smallest absolute Gasteiger partial charge is 0.326 e. The van der Waals surface area contributed by atoms with Gasteiger partial charge in [0.2, 0.25) is 17.7 Å². The van der Waals surface area contributed by atoms with Crippen LogP contribution in [-0.4, -0.2) is 76.4 Å². The van der Waals surface area contributed by atoms with Crippen molar-refractivity contribution < 1.29 is 24.3 Å². The molecule has 1 aliphatic heterocycles. The van der Waals surface area contributed by atoms with Gasteiger partial charge in [-0.3, -0.25) is 14.4 Å². The molecule has 1 fully saturated rings. The van der Waals surface area contributed by atoms with E-state index < -0.39 is 47.9 Å². The average Bonchev–Trinajstić information content (AvgIpc) is 3.31. The summed E-state index contributed by atoms with van der Waals surface area (Å²) in [6, 6.07) is 5.97. The van der Waals surface area contributed by atoms with Crippen molar-refractivity contribution in [2.24, 2.45) is 11.7 Å². The Kier molecular flexibility index (Phi) is 11.5. The number of benzene rings is 1. The third kappa shape index (κ3) is 8.85. The summed E-state index contributed by atoms with van der Waals surface area (Å²) in [5.74, 6) is -1.62. The van der Waals surface area contributed by atoms with Gasteiger partial charge in [-0.25, -0.2) is 4.79 Å². The minimum atomic E-state index is -1.04. The zero-order valence-corrected chi connectivity index (χ0v) is 21.6. The van der Waals surface area contributed by atoms with Gasteiger partial charge in [0.15, 0.2) is 0 Å². The summed E-state index contributed by atoms with van der Waals surface area (Å²) in [4.78, 5) is 52.2. The lowest BCUT2D eigenvalue weighted by atomic mass is 10.0. The molecular formula is C25H38N4O5S. The molecule has 10 heteroatoms. The number of carbonyl (C=O) groups excluding carboxylic acids is 3. The number of likely N-dealkylation sites (tertiary alicyclic amines) is 1. The molecule has 0 aliphatic carbocycles. The first kappa shape index (κ1) is 28.6. The number of hydrogen-bond donors (Lipinski definition) is 4. The Morgan fingerprint density at radius 1 is 1.11 bits per heavy atom. The molecule has 1 heterocycles. The van der Waals surface area contributed by atoms with Crippen LogP contribution < -0.4 is 16.4 Å². The number of aliphatic carboxylic acids is 1. The largest absolute Gasteiger partial charge is 0.480 e. The Labute approximate surface area is 211 Å². The summed E-state index contributed by atoms with van der Waals surface area (Å²) in [6.45, 7) is 4.21. The lowest BCUT2D eigenvalue weighted by Crippen LogP contribution is -2.57. The van der Waals surface area contributed by atoms with E-state index in [1.807, 2.05) is 50.4 Å². The maximum atomic E-state index is 13.2. The minimum Gasteiger partial charge on any atom is -0.480 e. The van der Waals surface area contributed by atoms with Crippen LogP contribution in [-0.2, 0) is 25.6 Å². The third-order valence-electron chi connectivity index (χ3n) is 6.02. The van der Waals surface area contributed by atoms with Gasteiger partial charge in [-0.15, -0.1) is 0 Å². The van der Waals surface area contributed by atoms with Gasteiger partial charge in [0.05, 0.1) is 6.04 Å². The Bertz CT molecular complexity index is 867. The number of nitrogens with one attached hydrogen (secondary N) is 2. The Balaban J connectivity index is 2.10. The number of hydrogen-bond acceptors (Lipinski definition) is 6. The first-order chi connectivity index (χ1) is 16.6. The van der Waals surface area contributed by atoms with Crippen molar-refractivity contribution in [3.8, 4) is 0 Å². The van der Waals surface area contributed by atoms with E-state index >= 15 is 0 Å². The molecule has 3 amide bonds. The molecule has 194 valence electrons. The SMILES string of the molecule is CSCCC(NC(=O)C(N)Cc1ccccc1)C(=O)NC(CC(C)C)C(=O)N1CCCC1C(=O)O. The fourth-order valence-electron chi connectivity index (χ4n) is 4.20. The summed E-state index contributed by atoms with van der Waals surface area (Å²) >= 11 is 1.54. The number of nitrogens with zero attached hydrogens (tertiary/aromatic N) is 1. The fraction of sp³-hybridized carbons (Fsp3) is 0.600. The summed E-state index contributed by atoms with van der Waals surface area (Å²) in [5, 5.41) is 15.0. The monoisotopic (exact) mass is 506 g/mol. The highest BCUT2D eigenvalue weighted by atomic mass is 32.2. The Hall–Kier alpha value is -2.59. The van der Waals surface area contributed by atoms with Crippen molar-refractivity contribution in [3.63, 3.8) is 0 Å². The molecule has 9 nitrogen and oxygen atoms in total. The van der Waals surface area contributed by atoms with E-state index in [1.165, 1.54) is 4.90 Å². The van der Waals surface area contributed by atoms with E-state index in [-0.39, 0.29) is 5.92 Å². The second-order valence-corrected chi connectivity index (χ2v) is 10.3. The van der Waals surface area contributed by atoms with Crippen molar-refractivity contribution in [1.82, 2.24) is 15.5 Å². The topological polar surface area (TPSA) is 142 Å². The highest BCUT2D eigenvalue weighted by Crippen LogP contribution is 2.20. The normalized spacial score (nSPS) is 18.1. The van der Waals surface area contributed by atoms with Crippen LogP contribution in [0.1, 0.15) is 45.1 Å². The molecule has 0 bridgehead atoms. The molecule has 1 aliphatic rings. The standard InChI is InChI=1S/C25H38N4O5S/c1-16(2)14-20(24(32)29-12-7-10-21(29)25(33)34)28-23(31)19(11-13-35-3)27-22(30)18(26)15-17-8-5-4-6-9-17/h4-6,8-9,16,18-21H,7,10-15,26H2,1-3H3,(H,27,30)(H,28,31)(H,33,34). The van der Waals surface area contributed by atoms with E-state index in [4.69, 9.17) is 5.73 Å². The van der Waals surface area contributed by atoms with Crippen molar-refractivity contribution in [2.75, 3.05) is 18.6 Å². The van der Waals surface area contributed by atoms with Crippen LogP contribution in [0.2, 0.25) is 0 Å². The molecular weight excluding hydrogens is 468 g/mol. The van der Waals surface area contributed by atoms with Gasteiger partial charge < -0.3 is 26.4 Å². The van der Waals surface area contributed by atoms with Crippen LogP contribution >= 0.6 is 11.8 Å².